The molecule has 4 nitrogen and oxygen atoms in total. The zero-order valence-electron chi connectivity index (χ0n) is 19.8. The number of aromatic nitrogens is 2. The molecule has 2 aliphatic rings. The molecular formula is C27H26F2N2O2S2. The fourth-order valence-corrected chi connectivity index (χ4v) is 5.88. The van der Waals surface area contributed by atoms with Crippen LogP contribution in [0.4, 0.5) is 8.78 Å². The number of nitrogens with zero attached hydrogens (tertiary/aromatic N) is 2. The predicted octanol–water partition coefficient (Wildman–Crippen LogP) is 7.98. The molecule has 0 unspecified atom stereocenters. The summed E-state index contributed by atoms with van der Waals surface area (Å²) in [6.07, 6.45) is 4.96. The number of methoxy groups -OCH3 is 2. The van der Waals surface area contributed by atoms with Crippen LogP contribution in [0.1, 0.15) is 52.4 Å². The molecule has 0 spiro atoms. The van der Waals surface area contributed by atoms with E-state index < -0.39 is 11.6 Å². The van der Waals surface area contributed by atoms with Crippen LogP contribution in [0.5, 0.6) is 11.5 Å². The average molecular weight is 513 g/mol. The maximum atomic E-state index is 13.2. The van der Waals surface area contributed by atoms with Crippen LogP contribution < -0.4 is 9.47 Å². The van der Waals surface area contributed by atoms with E-state index in [4.69, 9.17) is 14.5 Å². The highest BCUT2D eigenvalue weighted by Gasteiger charge is 2.28. The molecule has 0 atom stereocenters. The fraction of sp³-hybridized carbons (Fsp3) is 0.333. The van der Waals surface area contributed by atoms with Crippen molar-refractivity contribution in [3.8, 4) is 34.0 Å². The van der Waals surface area contributed by atoms with E-state index in [9.17, 15) is 8.78 Å². The topological polar surface area (TPSA) is 44.2 Å². The van der Waals surface area contributed by atoms with Gasteiger partial charge < -0.3 is 9.47 Å². The number of rotatable bonds is 6. The van der Waals surface area contributed by atoms with Gasteiger partial charge in [-0.2, -0.15) is 0 Å². The molecule has 2 aromatic carbocycles. The van der Waals surface area contributed by atoms with Crippen molar-refractivity contribution in [1.82, 2.24) is 9.97 Å². The third kappa shape index (κ3) is 5.38. The molecular weight excluding hydrogens is 486 g/mol. The van der Waals surface area contributed by atoms with E-state index in [1.807, 2.05) is 25.1 Å². The Kier molecular flexibility index (Phi) is 6.84. The van der Waals surface area contributed by atoms with Crippen LogP contribution in [0.2, 0.25) is 0 Å². The van der Waals surface area contributed by atoms with Gasteiger partial charge >= 0.3 is 0 Å². The first kappa shape index (κ1) is 23.9. The highest BCUT2D eigenvalue weighted by atomic mass is 32.1. The quantitative estimate of drug-likeness (QED) is 0.263. The molecule has 0 radical (unpaired) electrons. The van der Waals surface area contributed by atoms with Crippen LogP contribution >= 0.6 is 22.7 Å². The third-order valence-corrected chi connectivity index (χ3v) is 8.20. The van der Waals surface area contributed by atoms with Crippen LogP contribution in [0.15, 0.2) is 41.8 Å². The summed E-state index contributed by atoms with van der Waals surface area (Å²) in [5, 5.41) is 4.47. The van der Waals surface area contributed by atoms with Gasteiger partial charge in [0, 0.05) is 33.2 Å². The van der Waals surface area contributed by atoms with Crippen molar-refractivity contribution >= 4 is 22.7 Å². The van der Waals surface area contributed by atoms with Crippen molar-refractivity contribution in [3.63, 3.8) is 0 Å². The van der Waals surface area contributed by atoms with Gasteiger partial charge in [0.25, 0.3) is 0 Å². The summed E-state index contributed by atoms with van der Waals surface area (Å²) in [5.74, 6) is 1.32. The lowest BCUT2D eigenvalue weighted by atomic mass is 10.1. The van der Waals surface area contributed by atoms with Crippen molar-refractivity contribution < 1.29 is 18.3 Å². The Labute approximate surface area is 211 Å². The standard InChI is InChI=1S/C14H15NO2S.C13H11F2NS/c1-16-10-5-6-13(17-2)11(7-10)12-8-18-14(15-12)9-3-4-9;1-7-12(16-13(17-7)8-2-3-8)9-4-5-10(14)11(15)6-9/h5-9H,3-4H2,1-2H3;4-6,8H,2-3H2,1H3. The van der Waals surface area contributed by atoms with Gasteiger partial charge in [-0.3, -0.25) is 0 Å². The largest absolute Gasteiger partial charge is 0.497 e. The van der Waals surface area contributed by atoms with Gasteiger partial charge in [-0.05, 0) is 69.0 Å². The second kappa shape index (κ2) is 10.0. The van der Waals surface area contributed by atoms with Crippen molar-refractivity contribution in [2.45, 2.75) is 44.4 Å². The summed E-state index contributed by atoms with van der Waals surface area (Å²) in [6, 6.07) is 9.75. The van der Waals surface area contributed by atoms with E-state index in [0.29, 0.717) is 17.4 Å². The second-order valence-electron chi connectivity index (χ2n) is 8.77. The molecule has 0 bridgehead atoms. The molecule has 182 valence electrons. The van der Waals surface area contributed by atoms with Crippen LogP contribution in [-0.4, -0.2) is 24.2 Å². The zero-order valence-corrected chi connectivity index (χ0v) is 21.4. The number of halogens is 2. The maximum Gasteiger partial charge on any atom is 0.159 e. The van der Waals surface area contributed by atoms with Crippen molar-refractivity contribution in [3.05, 3.63) is 68.3 Å². The summed E-state index contributed by atoms with van der Waals surface area (Å²) >= 11 is 3.40. The molecule has 2 aromatic heterocycles. The molecule has 35 heavy (non-hydrogen) atoms. The van der Waals surface area contributed by atoms with Crippen LogP contribution in [-0.2, 0) is 0 Å². The lowest BCUT2D eigenvalue weighted by Gasteiger charge is -2.08. The van der Waals surface area contributed by atoms with Gasteiger partial charge in [0.05, 0.1) is 35.6 Å². The number of thiazole rings is 2. The predicted molar refractivity (Wildman–Crippen MR) is 137 cm³/mol. The Morgan fingerprint density at radius 2 is 1.60 bits per heavy atom. The minimum absolute atomic E-state index is 0.595. The zero-order chi connectivity index (χ0) is 24.5. The molecule has 0 amide bonds. The number of aryl methyl sites for hydroxylation is 1. The Hall–Kier alpha value is -2.84. The number of benzene rings is 2. The molecule has 2 heterocycles. The van der Waals surface area contributed by atoms with Gasteiger partial charge in [-0.1, -0.05) is 0 Å². The molecule has 2 aliphatic carbocycles. The molecule has 2 fully saturated rings. The minimum Gasteiger partial charge on any atom is -0.497 e. The van der Waals surface area contributed by atoms with Crippen LogP contribution in [0.3, 0.4) is 0 Å². The van der Waals surface area contributed by atoms with Crippen LogP contribution in [0, 0.1) is 18.6 Å². The van der Waals surface area contributed by atoms with Crippen molar-refractivity contribution in [2.75, 3.05) is 14.2 Å². The Bertz CT molecular complexity index is 1340. The van der Waals surface area contributed by atoms with Crippen molar-refractivity contribution in [2.24, 2.45) is 0 Å². The van der Waals surface area contributed by atoms with Gasteiger partial charge in [0.2, 0.25) is 0 Å². The highest BCUT2D eigenvalue weighted by Crippen LogP contribution is 2.45. The molecule has 4 aromatic rings. The lowest BCUT2D eigenvalue weighted by molar-refractivity contribution is 0.404. The average Bonchev–Trinajstić information content (AvgIpc) is 3.81. The lowest BCUT2D eigenvalue weighted by Crippen LogP contribution is -1.90. The summed E-state index contributed by atoms with van der Waals surface area (Å²) in [6.45, 7) is 1.97. The number of hydrogen-bond acceptors (Lipinski definition) is 6. The second-order valence-corrected chi connectivity index (χ2v) is 10.9. The third-order valence-electron chi connectivity index (χ3n) is 6.06. The first-order valence-electron chi connectivity index (χ1n) is 11.6. The molecule has 2 saturated carbocycles. The highest BCUT2D eigenvalue weighted by molar-refractivity contribution is 7.12. The molecule has 0 N–H and O–H groups in total. The number of hydrogen-bond donors (Lipinski definition) is 0. The smallest absolute Gasteiger partial charge is 0.159 e. The van der Waals surface area contributed by atoms with E-state index in [1.165, 1.54) is 36.8 Å². The van der Waals surface area contributed by atoms with Gasteiger partial charge in [0.15, 0.2) is 11.6 Å². The molecule has 0 saturated heterocycles. The van der Waals surface area contributed by atoms with Gasteiger partial charge in [0.1, 0.15) is 11.5 Å². The Morgan fingerprint density at radius 1 is 0.857 bits per heavy atom. The van der Waals surface area contributed by atoms with E-state index in [2.05, 4.69) is 10.4 Å². The van der Waals surface area contributed by atoms with Gasteiger partial charge in [-0.15, -0.1) is 22.7 Å². The monoisotopic (exact) mass is 512 g/mol. The summed E-state index contributed by atoms with van der Waals surface area (Å²) in [7, 11) is 3.35. The van der Waals surface area contributed by atoms with E-state index in [1.54, 1.807) is 43.0 Å². The maximum absolute atomic E-state index is 13.2. The minimum atomic E-state index is -0.817. The van der Waals surface area contributed by atoms with Crippen LogP contribution in [0.25, 0.3) is 22.5 Å². The van der Waals surface area contributed by atoms with E-state index in [-0.39, 0.29) is 0 Å². The molecule has 6 rings (SSSR count). The summed E-state index contributed by atoms with van der Waals surface area (Å²) in [4.78, 5) is 10.3. The number of ether oxygens (including phenoxy) is 2. The van der Waals surface area contributed by atoms with Gasteiger partial charge in [-0.25, -0.2) is 18.7 Å². The summed E-state index contributed by atoms with van der Waals surface area (Å²) in [5.41, 5.74) is 3.43. The molecule has 0 aliphatic heterocycles. The first-order chi connectivity index (χ1) is 17.0. The normalized spacial score (nSPS) is 14.9. The van der Waals surface area contributed by atoms with E-state index >= 15 is 0 Å². The first-order valence-corrected chi connectivity index (χ1v) is 13.3. The van der Waals surface area contributed by atoms with E-state index in [0.717, 1.165) is 44.4 Å². The Balaban J connectivity index is 0.000000145. The fourth-order valence-electron chi connectivity index (χ4n) is 3.78. The van der Waals surface area contributed by atoms with Crippen molar-refractivity contribution in [1.29, 1.82) is 0 Å². The SMILES string of the molecule is COc1ccc(OC)c(-c2csc(C3CC3)n2)c1.Cc1sc(C2CC2)nc1-c1ccc(F)c(F)c1. The Morgan fingerprint density at radius 3 is 2.26 bits per heavy atom. The molecule has 8 heteroatoms. The summed E-state index contributed by atoms with van der Waals surface area (Å²) < 4.78 is 36.7.